The van der Waals surface area contributed by atoms with E-state index in [2.05, 4.69) is 25.9 Å². The number of carboxylic acid groups (broad SMARTS) is 2. The Hall–Kier alpha value is -3.03. The summed E-state index contributed by atoms with van der Waals surface area (Å²) in [6.07, 6.45) is -0.586. The van der Waals surface area contributed by atoms with Crippen molar-refractivity contribution >= 4 is 78.7 Å². The Morgan fingerprint density at radius 1 is 1.26 bits per heavy atom. The summed E-state index contributed by atoms with van der Waals surface area (Å²) in [4.78, 5) is 54.9. The standard InChI is InChI=1S/C20H25N7O6.Ca/c1-27-12(9-23-16-15(27)18(31)26-20(21)25-16)8-22-11-4-2-10(3-5-11)17(30)24-13(19(32)33)6-7-14(28)29;/h2-5,12-13,22H,6-9H2,1H3,(H,24,30)(H,28,29)(H,32,33)(H4,21,23,25,26,31);/q;+2/t12-,13-;/m0./s1. The summed E-state index contributed by atoms with van der Waals surface area (Å²) in [7, 11) is 1.79. The van der Waals surface area contributed by atoms with Gasteiger partial charge >= 0.3 is 49.7 Å². The van der Waals surface area contributed by atoms with Crippen molar-refractivity contribution in [1.29, 1.82) is 0 Å². The van der Waals surface area contributed by atoms with Gasteiger partial charge in [0.05, 0.1) is 6.04 Å². The predicted molar refractivity (Wildman–Crippen MR) is 126 cm³/mol. The first kappa shape index (κ1) is 27.2. The molecular weight excluding hydrogens is 474 g/mol. The summed E-state index contributed by atoms with van der Waals surface area (Å²) in [6, 6.07) is 5.03. The number of hydrogen-bond acceptors (Lipinski definition) is 9. The molecular formula is C20H25CaN7O6+2. The Kier molecular flexibility index (Phi) is 9.53. The number of carbonyl (C=O) groups excluding carboxylic acids is 1. The van der Waals surface area contributed by atoms with Crippen LogP contribution >= 0.6 is 0 Å². The van der Waals surface area contributed by atoms with E-state index in [9.17, 15) is 24.3 Å². The minimum atomic E-state index is -1.30. The van der Waals surface area contributed by atoms with Crippen LogP contribution in [0.1, 0.15) is 23.2 Å². The van der Waals surface area contributed by atoms with Gasteiger partial charge in [-0.25, -0.2) is 4.79 Å². The Morgan fingerprint density at radius 3 is 2.56 bits per heavy atom. The number of anilines is 4. The number of nitrogens with two attached hydrogens (primary N) is 1. The predicted octanol–water partition coefficient (Wildman–Crippen LogP) is -0.638. The number of aliphatic carboxylic acids is 2. The van der Waals surface area contributed by atoms with Crippen LogP contribution in [0.5, 0.6) is 0 Å². The summed E-state index contributed by atoms with van der Waals surface area (Å²) >= 11 is 0. The number of hydrogen-bond donors (Lipinski definition) is 7. The van der Waals surface area contributed by atoms with Gasteiger partial charge in [0.25, 0.3) is 11.5 Å². The van der Waals surface area contributed by atoms with Crippen LogP contribution in [0.4, 0.5) is 23.1 Å². The van der Waals surface area contributed by atoms with E-state index in [0.29, 0.717) is 24.6 Å². The molecule has 1 aliphatic rings. The molecule has 1 aromatic heterocycles. The molecule has 8 N–H and O–H groups in total. The van der Waals surface area contributed by atoms with Gasteiger partial charge in [-0.3, -0.25) is 19.4 Å². The van der Waals surface area contributed by atoms with E-state index < -0.39 is 23.9 Å². The number of H-pyrrole nitrogens is 1. The van der Waals surface area contributed by atoms with Gasteiger partial charge in [-0.1, -0.05) is 0 Å². The van der Waals surface area contributed by atoms with Crippen molar-refractivity contribution in [2.24, 2.45) is 0 Å². The fourth-order valence-electron chi connectivity index (χ4n) is 3.42. The van der Waals surface area contributed by atoms with Crippen molar-refractivity contribution in [2.75, 3.05) is 41.4 Å². The normalized spacial score (nSPS) is 15.2. The number of aromatic amines is 1. The van der Waals surface area contributed by atoms with E-state index in [1.54, 1.807) is 19.2 Å². The number of aromatic nitrogens is 2. The third kappa shape index (κ3) is 6.74. The number of amides is 1. The average Bonchev–Trinajstić information content (AvgIpc) is 2.75. The largest absolute Gasteiger partial charge is 2.00 e. The number of nitrogens with one attached hydrogen (secondary N) is 4. The first-order chi connectivity index (χ1) is 15.7. The molecule has 3 rings (SSSR count). The molecule has 34 heavy (non-hydrogen) atoms. The third-order valence-electron chi connectivity index (χ3n) is 5.26. The van der Waals surface area contributed by atoms with Crippen LogP contribution in [-0.4, -0.2) is 108 Å². The summed E-state index contributed by atoms with van der Waals surface area (Å²) in [5, 5.41) is 26.6. The molecule has 0 saturated heterocycles. The number of fused-ring (bicyclic) bond motifs is 1. The van der Waals surface area contributed by atoms with Gasteiger partial charge in [0.15, 0.2) is 5.82 Å². The number of likely N-dealkylation sites (N-methyl/N-ethyl adjacent to an activating group) is 1. The number of nitrogens with zero attached hydrogens (tertiary/aromatic N) is 2. The molecule has 176 valence electrons. The SMILES string of the molecule is CN1c2c(nc(N)[nH]c2=O)NC[C@@H]1CNc1ccc(C(=O)N[C@@H](CCC(=O)O)C(=O)O)cc1.[Ca+2]. The molecule has 13 nitrogen and oxygen atoms in total. The molecule has 0 unspecified atom stereocenters. The number of carbonyl (C=O) groups is 3. The second kappa shape index (κ2) is 11.9. The molecule has 2 aromatic rings. The molecule has 0 fully saturated rings. The zero-order valence-corrected chi connectivity index (χ0v) is 20.7. The third-order valence-corrected chi connectivity index (χ3v) is 5.26. The minimum absolute atomic E-state index is 0. The molecule has 0 bridgehead atoms. The molecule has 0 spiro atoms. The van der Waals surface area contributed by atoms with Gasteiger partial charge < -0.3 is 36.8 Å². The first-order valence-electron chi connectivity index (χ1n) is 10.1. The van der Waals surface area contributed by atoms with Crippen LogP contribution in [-0.2, 0) is 9.59 Å². The first-order valence-corrected chi connectivity index (χ1v) is 10.1. The van der Waals surface area contributed by atoms with Gasteiger partial charge in [0.2, 0.25) is 5.95 Å². The van der Waals surface area contributed by atoms with E-state index in [-0.39, 0.29) is 73.7 Å². The Morgan fingerprint density at radius 2 is 1.94 bits per heavy atom. The Labute approximate surface area is 224 Å². The monoisotopic (exact) mass is 499 g/mol. The molecule has 0 aliphatic carbocycles. The summed E-state index contributed by atoms with van der Waals surface area (Å²) in [6.45, 7) is 1.01. The van der Waals surface area contributed by atoms with Crippen molar-refractivity contribution in [1.82, 2.24) is 15.3 Å². The van der Waals surface area contributed by atoms with E-state index >= 15 is 0 Å². The van der Waals surface area contributed by atoms with Crippen molar-refractivity contribution in [3.63, 3.8) is 0 Å². The quantitative estimate of drug-likeness (QED) is 0.216. The zero-order valence-electron chi connectivity index (χ0n) is 18.5. The van der Waals surface area contributed by atoms with Gasteiger partial charge in [0.1, 0.15) is 11.7 Å². The molecule has 0 saturated carbocycles. The maximum Gasteiger partial charge on any atom is 2.00 e. The van der Waals surface area contributed by atoms with Crippen LogP contribution in [0.25, 0.3) is 0 Å². The Bertz CT molecular complexity index is 1110. The molecule has 1 aliphatic heterocycles. The molecule has 2 heterocycles. The second-order valence-electron chi connectivity index (χ2n) is 7.55. The van der Waals surface area contributed by atoms with Gasteiger partial charge in [0, 0.05) is 37.8 Å². The smallest absolute Gasteiger partial charge is 0.481 e. The molecule has 1 amide bonds. The Balaban J connectivity index is 0.00000408. The van der Waals surface area contributed by atoms with Crippen LogP contribution in [0.15, 0.2) is 29.1 Å². The number of nitrogen functional groups attached to an aromatic ring is 1. The average molecular weight is 500 g/mol. The molecule has 1 aromatic carbocycles. The molecule has 0 radical (unpaired) electrons. The number of carboxylic acids is 2. The fourth-order valence-corrected chi connectivity index (χ4v) is 3.42. The maximum absolute atomic E-state index is 12.3. The minimum Gasteiger partial charge on any atom is -0.481 e. The number of benzene rings is 1. The van der Waals surface area contributed by atoms with Crippen molar-refractivity contribution in [3.05, 3.63) is 40.2 Å². The van der Waals surface area contributed by atoms with Crippen molar-refractivity contribution in [2.45, 2.75) is 24.9 Å². The van der Waals surface area contributed by atoms with E-state index in [4.69, 9.17) is 10.8 Å². The van der Waals surface area contributed by atoms with Crippen LogP contribution in [0, 0.1) is 0 Å². The van der Waals surface area contributed by atoms with E-state index in [1.807, 2.05) is 4.90 Å². The van der Waals surface area contributed by atoms with Crippen molar-refractivity contribution < 1.29 is 24.6 Å². The van der Waals surface area contributed by atoms with Gasteiger partial charge in [-0.05, 0) is 30.7 Å². The second-order valence-corrected chi connectivity index (χ2v) is 7.55. The number of rotatable bonds is 9. The maximum atomic E-state index is 12.3. The van der Waals surface area contributed by atoms with Gasteiger partial charge in [-0.15, -0.1) is 0 Å². The van der Waals surface area contributed by atoms with E-state index in [1.165, 1.54) is 12.1 Å². The van der Waals surface area contributed by atoms with Gasteiger partial charge in [-0.2, -0.15) is 4.98 Å². The fraction of sp³-hybridized carbons (Fsp3) is 0.350. The molecule has 2 atom stereocenters. The summed E-state index contributed by atoms with van der Waals surface area (Å²) < 4.78 is 0. The molecule has 14 heteroatoms. The van der Waals surface area contributed by atoms with Crippen LogP contribution < -0.4 is 32.1 Å². The van der Waals surface area contributed by atoms with Crippen LogP contribution in [0.3, 0.4) is 0 Å². The zero-order chi connectivity index (χ0) is 24.1. The van der Waals surface area contributed by atoms with Crippen LogP contribution in [0.2, 0.25) is 0 Å². The topological polar surface area (TPSA) is 203 Å². The summed E-state index contributed by atoms with van der Waals surface area (Å²) in [5.74, 6) is -2.59. The van der Waals surface area contributed by atoms with Crippen molar-refractivity contribution in [3.8, 4) is 0 Å². The van der Waals surface area contributed by atoms with E-state index in [0.717, 1.165) is 5.69 Å². The summed E-state index contributed by atoms with van der Waals surface area (Å²) in [5.41, 5.74) is 6.59.